The highest BCUT2D eigenvalue weighted by Gasteiger charge is 2.31. The number of nitrogens with one attached hydrogen (secondary N) is 1. The second-order valence-corrected chi connectivity index (χ2v) is 8.90. The molecule has 0 saturated heterocycles. The molecule has 1 N–H and O–H groups in total. The second-order valence-electron chi connectivity index (χ2n) is 6.61. The molecule has 0 radical (unpaired) electrons. The topological polar surface area (TPSA) is 66.5 Å². The molecule has 0 aliphatic heterocycles. The molecule has 1 amide bonds. The lowest BCUT2D eigenvalue weighted by atomic mass is 9.97. The van der Waals surface area contributed by atoms with Gasteiger partial charge in [0.1, 0.15) is 6.04 Å². The van der Waals surface area contributed by atoms with Gasteiger partial charge in [-0.1, -0.05) is 30.2 Å². The Labute approximate surface area is 161 Å². The van der Waals surface area contributed by atoms with Crippen LogP contribution in [0.2, 0.25) is 5.02 Å². The molecule has 5 nitrogen and oxygen atoms in total. The fourth-order valence-corrected chi connectivity index (χ4v) is 4.58. The van der Waals surface area contributed by atoms with Crippen LogP contribution in [0.25, 0.3) is 0 Å². The van der Waals surface area contributed by atoms with Crippen molar-refractivity contribution >= 4 is 33.2 Å². The van der Waals surface area contributed by atoms with Gasteiger partial charge < -0.3 is 5.32 Å². The Morgan fingerprint density at radius 3 is 2.50 bits per heavy atom. The maximum absolute atomic E-state index is 12.7. The number of carbonyl (C=O) groups is 1. The van der Waals surface area contributed by atoms with E-state index in [0.717, 1.165) is 25.5 Å². The number of hydrogen-bond donors (Lipinski definition) is 1. The van der Waals surface area contributed by atoms with E-state index in [1.165, 1.54) is 22.7 Å². The van der Waals surface area contributed by atoms with Crippen molar-refractivity contribution in [3.05, 3.63) is 40.9 Å². The van der Waals surface area contributed by atoms with E-state index in [-0.39, 0.29) is 5.91 Å². The van der Waals surface area contributed by atoms with Gasteiger partial charge in [-0.2, -0.15) is 0 Å². The number of allylic oxidation sites excluding steroid dienone is 1. The van der Waals surface area contributed by atoms with Gasteiger partial charge in [-0.15, -0.1) is 0 Å². The minimum absolute atomic E-state index is 0.274. The van der Waals surface area contributed by atoms with Gasteiger partial charge in [0.15, 0.2) is 0 Å². The van der Waals surface area contributed by atoms with Crippen molar-refractivity contribution in [2.75, 3.05) is 17.1 Å². The summed E-state index contributed by atoms with van der Waals surface area (Å²) < 4.78 is 25.9. The highest BCUT2D eigenvalue weighted by molar-refractivity contribution is 7.92. The summed E-state index contributed by atoms with van der Waals surface area (Å²) in [4.78, 5) is 12.7. The minimum atomic E-state index is -3.61. The molecule has 1 aromatic rings. The smallest absolute Gasteiger partial charge is 0.243 e. The molecular weight excluding hydrogens is 372 g/mol. The molecule has 1 atom stereocenters. The molecule has 26 heavy (non-hydrogen) atoms. The maximum Gasteiger partial charge on any atom is 0.243 e. The number of halogens is 1. The van der Waals surface area contributed by atoms with E-state index in [1.54, 1.807) is 24.3 Å². The van der Waals surface area contributed by atoms with Crippen molar-refractivity contribution in [3.63, 3.8) is 0 Å². The molecule has 0 spiro atoms. The quantitative estimate of drug-likeness (QED) is 0.675. The first-order valence-corrected chi connectivity index (χ1v) is 11.3. The fourth-order valence-electron chi connectivity index (χ4n) is 3.24. The molecule has 7 heteroatoms. The summed E-state index contributed by atoms with van der Waals surface area (Å²) in [5.74, 6) is -0.274. The Kier molecular flexibility index (Phi) is 7.53. The van der Waals surface area contributed by atoms with Gasteiger partial charge in [-0.05, 0) is 62.8 Å². The van der Waals surface area contributed by atoms with Gasteiger partial charge >= 0.3 is 0 Å². The van der Waals surface area contributed by atoms with Crippen LogP contribution in [0.15, 0.2) is 35.9 Å². The van der Waals surface area contributed by atoms with Crippen LogP contribution in [0.5, 0.6) is 0 Å². The first-order chi connectivity index (χ1) is 12.3. The summed E-state index contributed by atoms with van der Waals surface area (Å²) in [7, 11) is -3.61. The van der Waals surface area contributed by atoms with E-state index in [4.69, 9.17) is 11.6 Å². The maximum atomic E-state index is 12.7. The molecule has 1 unspecified atom stereocenters. The summed E-state index contributed by atoms with van der Waals surface area (Å²) in [5.41, 5.74) is 1.82. The average Bonchev–Trinajstić information content (AvgIpc) is 2.60. The third-order valence-corrected chi connectivity index (χ3v) is 5.97. The number of rotatable bonds is 8. The average molecular weight is 399 g/mol. The van der Waals surface area contributed by atoms with E-state index < -0.39 is 16.1 Å². The van der Waals surface area contributed by atoms with E-state index in [1.807, 2.05) is 6.92 Å². The number of sulfonamides is 1. The number of carbonyl (C=O) groups excluding carboxylic acids is 1. The molecule has 1 aliphatic carbocycles. The SMILES string of the molecule is CCC(C(=O)NCCC1=CCCCC1)N(c1ccc(Cl)cc1)S(C)(=O)=O. The van der Waals surface area contributed by atoms with Crippen LogP contribution in [0, 0.1) is 0 Å². The Bertz CT molecular complexity index is 745. The van der Waals surface area contributed by atoms with Crippen molar-refractivity contribution in [3.8, 4) is 0 Å². The third-order valence-electron chi connectivity index (χ3n) is 4.54. The van der Waals surface area contributed by atoms with E-state index in [2.05, 4.69) is 11.4 Å². The van der Waals surface area contributed by atoms with Crippen molar-refractivity contribution < 1.29 is 13.2 Å². The first kappa shape index (κ1) is 20.8. The summed E-state index contributed by atoms with van der Waals surface area (Å²) in [6.45, 7) is 2.33. The largest absolute Gasteiger partial charge is 0.354 e. The van der Waals surface area contributed by atoms with E-state index in [0.29, 0.717) is 23.7 Å². The van der Waals surface area contributed by atoms with Crippen molar-refractivity contribution in [1.82, 2.24) is 5.32 Å². The summed E-state index contributed by atoms with van der Waals surface area (Å²) in [6.07, 6.45) is 9.21. The lowest BCUT2D eigenvalue weighted by molar-refractivity contribution is -0.122. The molecule has 0 bridgehead atoms. The number of benzene rings is 1. The molecule has 0 saturated carbocycles. The van der Waals surface area contributed by atoms with Gasteiger partial charge in [0, 0.05) is 11.6 Å². The van der Waals surface area contributed by atoms with Gasteiger partial charge in [0.05, 0.1) is 11.9 Å². The molecule has 1 aromatic carbocycles. The molecule has 0 aromatic heterocycles. The normalized spacial score (nSPS) is 15.9. The van der Waals surface area contributed by atoms with Crippen LogP contribution in [0.1, 0.15) is 45.4 Å². The lowest BCUT2D eigenvalue weighted by Crippen LogP contribution is -2.49. The second kappa shape index (κ2) is 9.42. The molecule has 2 rings (SSSR count). The van der Waals surface area contributed by atoms with Gasteiger partial charge in [0.2, 0.25) is 15.9 Å². The third kappa shape index (κ3) is 5.74. The van der Waals surface area contributed by atoms with Crippen molar-refractivity contribution in [1.29, 1.82) is 0 Å². The summed E-state index contributed by atoms with van der Waals surface area (Å²) in [6, 6.07) is 5.69. The Hall–Kier alpha value is -1.53. The molecule has 144 valence electrons. The van der Waals surface area contributed by atoms with Crippen molar-refractivity contribution in [2.45, 2.75) is 51.5 Å². The minimum Gasteiger partial charge on any atom is -0.354 e. The number of amides is 1. The molecule has 0 heterocycles. The highest BCUT2D eigenvalue weighted by Crippen LogP contribution is 2.24. The molecule has 1 aliphatic rings. The van der Waals surface area contributed by atoms with Gasteiger partial charge in [-0.3, -0.25) is 9.10 Å². The molecular formula is C19H27ClN2O3S. The predicted octanol–water partition coefficient (Wildman–Crippen LogP) is 3.89. The van der Waals surface area contributed by atoms with Crippen LogP contribution in [0.4, 0.5) is 5.69 Å². The van der Waals surface area contributed by atoms with Crippen LogP contribution in [-0.4, -0.2) is 33.2 Å². The fraction of sp³-hybridized carbons (Fsp3) is 0.526. The van der Waals surface area contributed by atoms with Gasteiger partial charge in [0.25, 0.3) is 0 Å². The summed E-state index contributed by atoms with van der Waals surface area (Å²) in [5, 5.41) is 3.42. The zero-order valence-electron chi connectivity index (χ0n) is 15.4. The van der Waals surface area contributed by atoms with Crippen LogP contribution in [0.3, 0.4) is 0 Å². The standard InChI is InChI=1S/C19H27ClN2O3S/c1-3-18(19(23)21-14-13-15-7-5-4-6-8-15)22(26(2,24)25)17-11-9-16(20)10-12-17/h7,9-12,18H,3-6,8,13-14H2,1-2H3,(H,21,23). The highest BCUT2D eigenvalue weighted by atomic mass is 35.5. The first-order valence-electron chi connectivity index (χ1n) is 9.03. The summed E-state index contributed by atoms with van der Waals surface area (Å²) >= 11 is 5.90. The van der Waals surface area contributed by atoms with Crippen LogP contribution in [-0.2, 0) is 14.8 Å². The predicted molar refractivity (Wildman–Crippen MR) is 107 cm³/mol. The lowest BCUT2D eigenvalue weighted by Gasteiger charge is -2.30. The van der Waals surface area contributed by atoms with E-state index in [9.17, 15) is 13.2 Å². The van der Waals surface area contributed by atoms with E-state index >= 15 is 0 Å². The zero-order chi connectivity index (χ0) is 19.2. The molecule has 0 fully saturated rings. The number of hydrogen-bond acceptors (Lipinski definition) is 3. The number of anilines is 1. The number of nitrogens with zero attached hydrogens (tertiary/aromatic N) is 1. The Balaban J connectivity index is 2.09. The van der Waals surface area contributed by atoms with Crippen LogP contribution >= 0.6 is 11.6 Å². The zero-order valence-corrected chi connectivity index (χ0v) is 16.9. The van der Waals surface area contributed by atoms with Crippen molar-refractivity contribution in [2.24, 2.45) is 0 Å². The monoisotopic (exact) mass is 398 g/mol. The Morgan fingerprint density at radius 2 is 1.96 bits per heavy atom. The Morgan fingerprint density at radius 1 is 1.27 bits per heavy atom. The van der Waals surface area contributed by atoms with Gasteiger partial charge in [-0.25, -0.2) is 8.42 Å². The van der Waals surface area contributed by atoms with Crippen LogP contribution < -0.4 is 9.62 Å².